The molecule has 0 atom stereocenters. The molecule has 0 radical (unpaired) electrons. The quantitative estimate of drug-likeness (QED) is 0.851. The molecule has 0 aliphatic carbocycles. The van der Waals surface area contributed by atoms with Crippen molar-refractivity contribution in [3.8, 4) is 5.75 Å². The molecule has 0 bridgehead atoms. The highest BCUT2D eigenvalue weighted by molar-refractivity contribution is 5.85. The molecule has 0 saturated heterocycles. The highest BCUT2D eigenvalue weighted by atomic mass is 19.1. The van der Waals surface area contributed by atoms with Crippen LogP contribution in [0.4, 0.5) is 4.39 Å². The Labute approximate surface area is 115 Å². The maximum Gasteiger partial charge on any atom is 0.328 e. The molecular formula is C15H12FNO3. The number of rotatable bonds is 5. The number of aliphatic carboxylic acids is 1. The van der Waals surface area contributed by atoms with Gasteiger partial charge in [-0.2, -0.15) is 0 Å². The van der Waals surface area contributed by atoms with E-state index in [1.807, 2.05) is 0 Å². The van der Waals surface area contributed by atoms with Crippen LogP contribution in [0.2, 0.25) is 0 Å². The van der Waals surface area contributed by atoms with Crippen LogP contribution in [0.3, 0.4) is 0 Å². The summed E-state index contributed by atoms with van der Waals surface area (Å²) in [7, 11) is 0. The smallest absolute Gasteiger partial charge is 0.328 e. The number of halogens is 1. The standard InChI is InChI=1S/C15H12FNO3/c16-13-2-3-14(12(9-13)1-4-15(18)19)20-10-11-5-7-17-8-6-11/h1-9H,10H2,(H,18,19)/b4-1+. The number of hydrogen-bond donors (Lipinski definition) is 1. The number of carbonyl (C=O) groups is 1. The third-order valence-electron chi connectivity index (χ3n) is 2.52. The van der Waals surface area contributed by atoms with Gasteiger partial charge in [-0.3, -0.25) is 4.98 Å². The molecule has 0 fully saturated rings. The van der Waals surface area contributed by atoms with Gasteiger partial charge in [0.1, 0.15) is 18.2 Å². The fourth-order valence-electron chi connectivity index (χ4n) is 1.58. The number of benzene rings is 1. The van der Waals surface area contributed by atoms with Gasteiger partial charge in [0, 0.05) is 24.0 Å². The summed E-state index contributed by atoms with van der Waals surface area (Å²) < 4.78 is 18.8. The second-order valence-electron chi connectivity index (χ2n) is 4.00. The van der Waals surface area contributed by atoms with E-state index in [4.69, 9.17) is 9.84 Å². The van der Waals surface area contributed by atoms with Gasteiger partial charge in [0.25, 0.3) is 0 Å². The summed E-state index contributed by atoms with van der Waals surface area (Å²) in [5.74, 6) is -1.14. The maximum absolute atomic E-state index is 13.2. The Morgan fingerprint density at radius 1 is 1.30 bits per heavy atom. The van der Waals surface area contributed by atoms with Crippen LogP contribution in [0.5, 0.6) is 5.75 Å². The lowest BCUT2D eigenvalue weighted by atomic mass is 10.2. The number of carboxylic acid groups (broad SMARTS) is 1. The van der Waals surface area contributed by atoms with Crippen molar-refractivity contribution in [3.63, 3.8) is 0 Å². The number of hydrogen-bond acceptors (Lipinski definition) is 3. The first-order valence-corrected chi connectivity index (χ1v) is 5.87. The Kier molecular flexibility index (Phi) is 4.44. The Hall–Kier alpha value is -2.69. The van der Waals surface area contributed by atoms with Gasteiger partial charge in [0.15, 0.2) is 0 Å². The minimum Gasteiger partial charge on any atom is -0.488 e. The number of nitrogens with zero attached hydrogens (tertiary/aromatic N) is 1. The highest BCUT2D eigenvalue weighted by Crippen LogP contribution is 2.22. The minimum absolute atomic E-state index is 0.294. The number of ether oxygens (including phenoxy) is 1. The highest BCUT2D eigenvalue weighted by Gasteiger charge is 2.04. The maximum atomic E-state index is 13.2. The van der Waals surface area contributed by atoms with Crippen LogP contribution in [0, 0.1) is 5.82 Å². The van der Waals surface area contributed by atoms with Gasteiger partial charge in [0.05, 0.1) is 0 Å². The second kappa shape index (κ2) is 6.47. The van der Waals surface area contributed by atoms with E-state index < -0.39 is 11.8 Å². The van der Waals surface area contributed by atoms with E-state index >= 15 is 0 Å². The van der Waals surface area contributed by atoms with E-state index in [-0.39, 0.29) is 0 Å². The van der Waals surface area contributed by atoms with E-state index in [2.05, 4.69) is 4.98 Å². The Bertz CT molecular complexity index is 626. The third-order valence-corrected chi connectivity index (χ3v) is 2.52. The summed E-state index contributed by atoms with van der Waals surface area (Å²) in [6.45, 7) is 0.294. The first-order chi connectivity index (χ1) is 9.65. The van der Waals surface area contributed by atoms with Crippen LogP contribution in [0.15, 0.2) is 48.8 Å². The molecule has 1 aromatic carbocycles. The molecule has 4 nitrogen and oxygen atoms in total. The average molecular weight is 273 g/mol. The molecule has 1 aromatic heterocycles. The van der Waals surface area contributed by atoms with E-state index in [1.165, 1.54) is 24.3 Å². The van der Waals surface area contributed by atoms with Gasteiger partial charge < -0.3 is 9.84 Å². The molecule has 0 amide bonds. The van der Waals surface area contributed by atoms with Crippen LogP contribution >= 0.6 is 0 Å². The molecule has 1 heterocycles. The summed E-state index contributed by atoms with van der Waals surface area (Å²) in [5, 5.41) is 8.61. The molecular weight excluding hydrogens is 261 g/mol. The van der Waals surface area contributed by atoms with E-state index in [0.29, 0.717) is 17.9 Å². The summed E-state index contributed by atoms with van der Waals surface area (Å²) in [5.41, 5.74) is 1.29. The summed E-state index contributed by atoms with van der Waals surface area (Å²) in [6, 6.07) is 7.56. The zero-order valence-electron chi connectivity index (χ0n) is 10.5. The Morgan fingerprint density at radius 3 is 2.75 bits per heavy atom. The molecule has 0 unspecified atom stereocenters. The van der Waals surface area contributed by atoms with Gasteiger partial charge in [-0.1, -0.05) is 0 Å². The summed E-state index contributed by atoms with van der Waals surface area (Å²) >= 11 is 0. The van der Waals surface area contributed by atoms with Crippen molar-refractivity contribution in [1.82, 2.24) is 4.98 Å². The number of aromatic nitrogens is 1. The van der Waals surface area contributed by atoms with Gasteiger partial charge in [-0.05, 0) is 42.0 Å². The van der Waals surface area contributed by atoms with Crippen LogP contribution in [-0.2, 0) is 11.4 Å². The molecule has 0 saturated carbocycles. The van der Waals surface area contributed by atoms with Crippen molar-refractivity contribution in [3.05, 3.63) is 65.7 Å². The molecule has 102 valence electrons. The first-order valence-electron chi connectivity index (χ1n) is 5.87. The van der Waals surface area contributed by atoms with Gasteiger partial charge >= 0.3 is 5.97 Å². The van der Waals surface area contributed by atoms with E-state index in [9.17, 15) is 9.18 Å². The zero-order chi connectivity index (χ0) is 14.4. The van der Waals surface area contributed by atoms with Crippen molar-refractivity contribution >= 4 is 12.0 Å². The van der Waals surface area contributed by atoms with Crippen LogP contribution in [-0.4, -0.2) is 16.1 Å². The summed E-state index contributed by atoms with van der Waals surface area (Å²) in [4.78, 5) is 14.4. The van der Waals surface area contributed by atoms with Crippen molar-refractivity contribution in [2.24, 2.45) is 0 Å². The Morgan fingerprint density at radius 2 is 2.05 bits per heavy atom. The second-order valence-corrected chi connectivity index (χ2v) is 4.00. The third kappa shape index (κ3) is 3.91. The molecule has 20 heavy (non-hydrogen) atoms. The molecule has 2 aromatic rings. The van der Waals surface area contributed by atoms with Crippen molar-refractivity contribution in [2.75, 3.05) is 0 Å². The van der Waals surface area contributed by atoms with Crippen LogP contribution in [0.25, 0.3) is 6.08 Å². The largest absolute Gasteiger partial charge is 0.488 e. The lowest BCUT2D eigenvalue weighted by Gasteiger charge is -2.09. The molecule has 1 N–H and O–H groups in total. The van der Waals surface area contributed by atoms with E-state index in [0.717, 1.165) is 11.6 Å². The molecule has 0 aliphatic heterocycles. The number of carboxylic acids is 1. The topological polar surface area (TPSA) is 59.4 Å². The molecule has 0 spiro atoms. The fourth-order valence-corrected chi connectivity index (χ4v) is 1.58. The normalized spacial score (nSPS) is 10.7. The molecule has 2 rings (SSSR count). The fraction of sp³-hybridized carbons (Fsp3) is 0.0667. The van der Waals surface area contributed by atoms with Gasteiger partial charge in [-0.25, -0.2) is 9.18 Å². The van der Waals surface area contributed by atoms with Crippen LogP contribution < -0.4 is 4.74 Å². The average Bonchev–Trinajstić information content (AvgIpc) is 2.45. The van der Waals surface area contributed by atoms with Crippen molar-refractivity contribution in [2.45, 2.75) is 6.61 Å². The number of pyridine rings is 1. The monoisotopic (exact) mass is 273 g/mol. The van der Waals surface area contributed by atoms with Gasteiger partial charge in [0.2, 0.25) is 0 Å². The lowest BCUT2D eigenvalue weighted by molar-refractivity contribution is -0.131. The molecule has 5 heteroatoms. The predicted molar refractivity (Wildman–Crippen MR) is 71.6 cm³/mol. The zero-order valence-corrected chi connectivity index (χ0v) is 10.5. The Balaban J connectivity index is 2.16. The van der Waals surface area contributed by atoms with Gasteiger partial charge in [-0.15, -0.1) is 0 Å². The van der Waals surface area contributed by atoms with Crippen molar-refractivity contribution < 1.29 is 19.0 Å². The van der Waals surface area contributed by atoms with Crippen LogP contribution in [0.1, 0.15) is 11.1 Å². The first kappa shape index (κ1) is 13.7. The van der Waals surface area contributed by atoms with Crippen molar-refractivity contribution in [1.29, 1.82) is 0 Å². The van der Waals surface area contributed by atoms with E-state index in [1.54, 1.807) is 24.5 Å². The SMILES string of the molecule is O=C(O)/C=C/c1cc(F)ccc1OCc1ccncc1. The minimum atomic E-state index is -1.10. The predicted octanol–water partition coefficient (Wildman–Crippen LogP) is 2.90. The summed E-state index contributed by atoms with van der Waals surface area (Å²) in [6.07, 6.45) is 5.53. The molecule has 0 aliphatic rings. The lowest BCUT2D eigenvalue weighted by Crippen LogP contribution is -1.98.